The molecule has 0 spiro atoms. The molecule has 0 aliphatic carbocycles. The molecular weight excluding hydrogens is 840 g/mol. The molecule has 1 amide bonds. The summed E-state index contributed by atoms with van der Waals surface area (Å²) in [6.07, 6.45) is 63.3. The second-order valence-electron chi connectivity index (χ2n) is 20.3. The summed E-state index contributed by atoms with van der Waals surface area (Å²) in [6, 6.07) is -0.903. The van der Waals surface area contributed by atoms with Crippen LogP contribution < -0.4 is 10.2 Å². The molecule has 3 unspecified atom stereocenters. The van der Waals surface area contributed by atoms with Gasteiger partial charge in [-0.05, 0) is 64.2 Å². The minimum Gasteiger partial charge on any atom is -0.756 e. The Labute approximate surface area is 409 Å². The van der Waals surface area contributed by atoms with Gasteiger partial charge in [-0.2, -0.15) is 0 Å². The van der Waals surface area contributed by atoms with E-state index in [1.807, 2.05) is 27.2 Å². The van der Waals surface area contributed by atoms with Crippen molar-refractivity contribution in [3.63, 3.8) is 0 Å². The molecule has 0 heterocycles. The number of amides is 1. The predicted molar refractivity (Wildman–Crippen MR) is 284 cm³/mol. The van der Waals surface area contributed by atoms with E-state index >= 15 is 0 Å². The molecule has 0 aliphatic rings. The largest absolute Gasteiger partial charge is 0.756 e. The molecule has 3 atom stereocenters. The van der Waals surface area contributed by atoms with Crippen LogP contribution in [0, 0.1) is 0 Å². The van der Waals surface area contributed by atoms with E-state index in [4.69, 9.17) is 9.05 Å². The number of likely N-dealkylation sites (N-methyl/N-ethyl adjacent to an activating group) is 1. The third-order valence-electron chi connectivity index (χ3n) is 12.5. The number of hydrogen-bond acceptors (Lipinski definition) is 6. The predicted octanol–water partition coefficient (Wildman–Crippen LogP) is 16.1. The average Bonchev–Trinajstić information content (AvgIpc) is 3.28. The van der Waals surface area contributed by atoms with Gasteiger partial charge >= 0.3 is 0 Å². The van der Waals surface area contributed by atoms with E-state index in [0.717, 1.165) is 44.9 Å². The van der Waals surface area contributed by atoms with Crippen molar-refractivity contribution in [3.8, 4) is 0 Å². The van der Waals surface area contributed by atoms with Crippen LogP contribution in [-0.2, 0) is 18.4 Å². The topological polar surface area (TPSA) is 108 Å². The molecule has 388 valence electrons. The van der Waals surface area contributed by atoms with Crippen LogP contribution in [0.2, 0.25) is 0 Å². The van der Waals surface area contributed by atoms with Crippen LogP contribution in [0.3, 0.4) is 0 Å². The van der Waals surface area contributed by atoms with Crippen LogP contribution >= 0.6 is 7.82 Å². The summed E-state index contributed by atoms with van der Waals surface area (Å²) in [7, 11) is 1.25. The maximum atomic E-state index is 12.9. The lowest BCUT2D eigenvalue weighted by molar-refractivity contribution is -0.870. The zero-order valence-corrected chi connectivity index (χ0v) is 45.0. The number of phosphoric acid groups is 1. The first-order chi connectivity index (χ1) is 32.0. The number of unbranched alkanes of at least 4 members (excludes halogenated alkanes) is 32. The normalized spacial score (nSPS) is 14.3. The Morgan fingerprint density at radius 2 is 0.894 bits per heavy atom. The summed E-state index contributed by atoms with van der Waals surface area (Å²) in [5, 5.41) is 13.8. The summed E-state index contributed by atoms with van der Waals surface area (Å²) in [4.78, 5) is 25.5. The van der Waals surface area contributed by atoms with Crippen molar-refractivity contribution in [2.75, 3.05) is 40.9 Å². The monoisotopic (exact) mass is 949 g/mol. The summed E-state index contributed by atoms with van der Waals surface area (Å²) in [6.45, 7) is 4.64. The van der Waals surface area contributed by atoms with Crippen LogP contribution in [0.5, 0.6) is 0 Å². The maximum Gasteiger partial charge on any atom is 0.268 e. The molecule has 0 aromatic carbocycles. The summed E-state index contributed by atoms with van der Waals surface area (Å²) in [5.41, 5.74) is 0. The number of quaternary nitrogens is 1. The molecule has 0 aromatic heterocycles. The van der Waals surface area contributed by atoms with E-state index in [1.54, 1.807) is 6.08 Å². The van der Waals surface area contributed by atoms with Crippen LogP contribution in [0.1, 0.15) is 258 Å². The minimum absolute atomic E-state index is 0.00638. The summed E-state index contributed by atoms with van der Waals surface area (Å²) in [5.74, 6) is -0.206. The molecule has 0 aromatic rings. The highest BCUT2D eigenvalue weighted by molar-refractivity contribution is 7.45. The highest BCUT2D eigenvalue weighted by atomic mass is 31.2. The van der Waals surface area contributed by atoms with E-state index in [0.29, 0.717) is 17.4 Å². The molecule has 0 fully saturated rings. The van der Waals surface area contributed by atoms with Gasteiger partial charge in [0.15, 0.2) is 0 Å². The molecular formula is C57H109N2O6P. The molecule has 0 bridgehead atoms. The van der Waals surface area contributed by atoms with Gasteiger partial charge in [-0.3, -0.25) is 9.36 Å². The van der Waals surface area contributed by atoms with E-state index in [2.05, 4.69) is 55.6 Å². The smallest absolute Gasteiger partial charge is 0.268 e. The third kappa shape index (κ3) is 50.3. The number of aliphatic hydroxyl groups excluding tert-OH is 1. The standard InChI is InChI=1S/C57H109N2O6P/c1-6-8-10-12-14-16-18-20-22-24-25-26-27-28-29-30-31-32-33-35-37-39-41-43-45-47-49-51-57(61)58-55(54-65-66(62,63)64-53-52-59(3,4)5)56(60)50-48-46-44-42-40-38-36-34-23-21-19-17-15-13-11-9-7-2/h18,20,24-25,40,42,48,50,55-56,60H,6-17,19,21-23,26-39,41,43-47,49,51-54H2,1-5H3,(H-,58,61,62,63)/b20-18-,25-24-,42-40+,50-48+. The number of rotatable bonds is 51. The zero-order valence-electron chi connectivity index (χ0n) is 44.1. The second kappa shape index (κ2) is 48.5. The molecule has 2 N–H and O–H groups in total. The maximum absolute atomic E-state index is 12.9. The van der Waals surface area contributed by atoms with Gasteiger partial charge in [0.05, 0.1) is 39.9 Å². The molecule has 0 rings (SSSR count). The first kappa shape index (κ1) is 64.5. The number of carbonyl (C=O) groups is 1. The number of hydrogen-bond donors (Lipinski definition) is 2. The lowest BCUT2D eigenvalue weighted by Crippen LogP contribution is -2.45. The number of nitrogens with zero attached hydrogens (tertiary/aromatic N) is 1. The number of nitrogens with one attached hydrogen (secondary N) is 1. The van der Waals surface area contributed by atoms with E-state index in [-0.39, 0.29) is 12.5 Å². The van der Waals surface area contributed by atoms with Crippen LogP contribution in [0.4, 0.5) is 0 Å². The quantitative estimate of drug-likeness (QED) is 0.0272. The lowest BCUT2D eigenvalue weighted by atomic mass is 10.0. The third-order valence-corrected chi connectivity index (χ3v) is 13.5. The Balaban J connectivity index is 4.21. The van der Waals surface area contributed by atoms with Gasteiger partial charge in [0, 0.05) is 6.42 Å². The highest BCUT2D eigenvalue weighted by Gasteiger charge is 2.23. The van der Waals surface area contributed by atoms with E-state index < -0.39 is 26.6 Å². The van der Waals surface area contributed by atoms with Crippen molar-refractivity contribution in [1.82, 2.24) is 5.32 Å². The van der Waals surface area contributed by atoms with E-state index in [9.17, 15) is 19.4 Å². The SMILES string of the molecule is CCCCCCC/C=C\C/C=C\CCCCCCCCCCCCCCCCCC(=O)NC(COP(=O)([O-])OCC[N+](C)(C)C)C(O)/C=C/CC/C=C/CCCCCCCCCCCCC. The van der Waals surface area contributed by atoms with Crippen molar-refractivity contribution in [1.29, 1.82) is 0 Å². The first-order valence-electron chi connectivity index (χ1n) is 28.0. The molecule has 0 saturated heterocycles. The second-order valence-corrected chi connectivity index (χ2v) is 21.7. The first-order valence-corrected chi connectivity index (χ1v) is 29.5. The number of aliphatic hydroxyl groups is 1. The molecule has 0 aliphatic heterocycles. The zero-order chi connectivity index (χ0) is 48.5. The van der Waals surface area contributed by atoms with Gasteiger partial charge in [-0.15, -0.1) is 0 Å². The number of carbonyl (C=O) groups excluding carboxylic acids is 1. The fourth-order valence-corrected chi connectivity index (χ4v) is 8.81. The Bertz CT molecular complexity index is 1210. The van der Waals surface area contributed by atoms with Crippen LogP contribution in [0.25, 0.3) is 0 Å². The Morgan fingerprint density at radius 1 is 0.530 bits per heavy atom. The molecule has 9 heteroatoms. The Hall–Kier alpha value is -1.54. The molecule has 8 nitrogen and oxygen atoms in total. The van der Waals surface area contributed by atoms with Gasteiger partial charge in [-0.1, -0.05) is 236 Å². The molecule has 0 radical (unpaired) electrons. The number of phosphoric ester groups is 1. The minimum atomic E-state index is -4.60. The Morgan fingerprint density at radius 3 is 1.32 bits per heavy atom. The summed E-state index contributed by atoms with van der Waals surface area (Å²) < 4.78 is 23.3. The summed E-state index contributed by atoms with van der Waals surface area (Å²) >= 11 is 0. The molecule has 66 heavy (non-hydrogen) atoms. The average molecular weight is 949 g/mol. The lowest BCUT2D eigenvalue weighted by Gasteiger charge is -2.29. The fraction of sp³-hybridized carbons (Fsp3) is 0.842. The van der Waals surface area contributed by atoms with Crippen LogP contribution in [0.15, 0.2) is 48.6 Å². The van der Waals surface area contributed by atoms with Crippen molar-refractivity contribution in [2.24, 2.45) is 0 Å². The fourth-order valence-electron chi connectivity index (χ4n) is 8.08. The Kier molecular flexibility index (Phi) is 47.4. The van der Waals surface area contributed by atoms with Crippen molar-refractivity contribution >= 4 is 13.7 Å². The van der Waals surface area contributed by atoms with Crippen molar-refractivity contribution in [3.05, 3.63) is 48.6 Å². The number of allylic oxidation sites excluding steroid dienone is 7. The van der Waals surface area contributed by atoms with Crippen molar-refractivity contribution < 1.29 is 32.9 Å². The van der Waals surface area contributed by atoms with Gasteiger partial charge in [-0.25, -0.2) is 0 Å². The molecule has 0 saturated carbocycles. The van der Waals surface area contributed by atoms with Gasteiger partial charge in [0.1, 0.15) is 13.2 Å². The van der Waals surface area contributed by atoms with Crippen LogP contribution in [-0.4, -0.2) is 68.5 Å². The van der Waals surface area contributed by atoms with Gasteiger partial charge < -0.3 is 28.8 Å². The van der Waals surface area contributed by atoms with Gasteiger partial charge in [0.25, 0.3) is 7.82 Å². The highest BCUT2D eigenvalue weighted by Crippen LogP contribution is 2.38. The van der Waals surface area contributed by atoms with E-state index in [1.165, 1.54) is 193 Å². The van der Waals surface area contributed by atoms with Crippen molar-refractivity contribution in [2.45, 2.75) is 270 Å². The van der Waals surface area contributed by atoms with Gasteiger partial charge in [0.2, 0.25) is 5.91 Å².